The van der Waals surface area contributed by atoms with E-state index in [1.807, 2.05) is 24.4 Å². The van der Waals surface area contributed by atoms with Crippen LogP contribution < -0.4 is 13.9 Å². The molecule has 11 rings (SSSR count). The molecule has 1 aliphatic rings. The molecule has 5 nitrogen and oxygen atoms in total. The molecule has 3 heterocycles. The van der Waals surface area contributed by atoms with Gasteiger partial charge in [-0.3, -0.25) is 0 Å². The van der Waals surface area contributed by atoms with Crippen molar-refractivity contribution in [3.8, 4) is 39.6 Å². The summed E-state index contributed by atoms with van der Waals surface area (Å²) in [5.41, 5.74) is 11.5. The second kappa shape index (κ2) is 15.7. The molecule has 0 saturated heterocycles. The van der Waals surface area contributed by atoms with Crippen LogP contribution in [0.3, 0.4) is 0 Å². The SMILES string of the molecule is CC(C)(C)c1ccnc(-n2c3[c-]c(Oc4[c-]c([N+]5=C=[N+](c6c(-c7ccccc7)cccc6-c6ccccc6)c6c5ccc5ccccc65)ccc4)ccc3c3ccccc32)c1.[Pd+2]. The largest absolute Gasteiger partial charge is 2.00 e. The Balaban J connectivity index is 0.00000458. The molecule has 0 aliphatic carbocycles. The molecule has 0 atom stereocenters. The summed E-state index contributed by atoms with van der Waals surface area (Å²) in [4.78, 5) is 4.85. The van der Waals surface area contributed by atoms with Gasteiger partial charge in [-0.1, -0.05) is 146 Å². The second-order valence-corrected chi connectivity index (χ2v) is 16.5. The minimum atomic E-state index is -0.0282. The molecule has 0 N–H and O–H groups in total. The van der Waals surface area contributed by atoms with E-state index in [0.29, 0.717) is 11.5 Å². The Bertz CT molecular complexity index is 3350. The molecule has 1 aliphatic heterocycles. The van der Waals surface area contributed by atoms with Crippen molar-refractivity contribution in [2.45, 2.75) is 26.2 Å². The first-order valence-corrected chi connectivity index (χ1v) is 20.6. The Morgan fingerprint density at radius 2 is 1.23 bits per heavy atom. The summed E-state index contributed by atoms with van der Waals surface area (Å²) in [5.74, 6) is 2.00. The molecule has 10 aromatic rings. The van der Waals surface area contributed by atoms with E-state index in [1.165, 1.54) is 5.56 Å². The number of hydrogen-bond donors (Lipinski definition) is 0. The molecule has 62 heavy (non-hydrogen) atoms. The van der Waals surface area contributed by atoms with Gasteiger partial charge in [-0.05, 0) is 79.9 Å². The van der Waals surface area contributed by atoms with Crippen LogP contribution in [-0.4, -0.2) is 15.6 Å². The number of para-hydroxylation sites is 2. The van der Waals surface area contributed by atoms with E-state index in [9.17, 15) is 0 Å². The van der Waals surface area contributed by atoms with Gasteiger partial charge in [0.2, 0.25) is 5.69 Å². The normalized spacial score (nSPS) is 12.2. The number of ether oxygens (including phenoxy) is 1. The zero-order valence-electron chi connectivity index (χ0n) is 34.4. The maximum absolute atomic E-state index is 6.66. The summed E-state index contributed by atoms with van der Waals surface area (Å²) in [5, 5.41) is 4.50. The summed E-state index contributed by atoms with van der Waals surface area (Å²) in [6.07, 6.45) is 1.90. The maximum Gasteiger partial charge on any atom is 2.00 e. The molecule has 8 aromatic carbocycles. The van der Waals surface area contributed by atoms with Gasteiger partial charge in [0, 0.05) is 29.3 Å². The summed E-state index contributed by atoms with van der Waals surface area (Å²) in [6.45, 7) is 6.67. The number of hydrogen-bond acceptors (Lipinski definition) is 2. The molecule has 298 valence electrons. The van der Waals surface area contributed by atoms with Crippen LogP contribution in [0, 0.1) is 12.1 Å². The van der Waals surface area contributed by atoms with Crippen LogP contribution in [0.2, 0.25) is 0 Å². The van der Waals surface area contributed by atoms with Gasteiger partial charge < -0.3 is 9.30 Å². The third kappa shape index (κ3) is 6.76. The van der Waals surface area contributed by atoms with Crippen molar-refractivity contribution in [1.29, 1.82) is 0 Å². The first-order chi connectivity index (χ1) is 29.9. The molecule has 0 amide bonds. The standard InChI is InChI=1S/C56H40N4O.Pd/c1-56(2,3)41-32-33-57-53(34-41)60-50-27-13-12-24-48(50)49-30-29-44(36-52(49)60)61-43-22-14-21-42(35-43)58-37-59(55-47-23-11-10-20-40(47)28-31-51(55)58)54-45(38-16-6-4-7-17-38)25-15-26-46(54)39-18-8-5-9-19-39;/h4-34H,1-3H3;/q;+2. The van der Waals surface area contributed by atoms with Gasteiger partial charge in [0.15, 0.2) is 0 Å². The van der Waals surface area contributed by atoms with E-state index in [2.05, 4.69) is 216 Å². The van der Waals surface area contributed by atoms with Gasteiger partial charge in [0.25, 0.3) is 5.69 Å². The monoisotopic (exact) mass is 890 g/mol. The molecule has 6 heteroatoms. The van der Waals surface area contributed by atoms with Crippen LogP contribution in [0.25, 0.3) is 60.6 Å². The average Bonchev–Trinajstić information content (AvgIpc) is 3.85. The fourth-order valence-corrected chi connectivity index (χ4v) is 8.62. The minimum Gasteiger partial charge on any atom is -0.509 e. The maximum atomic E-state index is 6.66. The molecular formula is C56H40N4OPd+2. The van der Waals surface area contributed by atoms with Crippen molar-refractivity contribution in [2.75, 3.05) is 0 Å². The van der Waals surface area contributed by atoms with Crippen molar-refractivity contribution in [3.63, 3.8) is 0 Å². The fourth-order valence-electron chi connectivity index (χ4n) is 8.62. The molecule has 0 unspecified atom stereocenters. The topological polar surface area (TPSA) is 33.1 Å². The Morgan fingerprint density at radius 3 is 1.97 bits per heavy atom. The molecule has 0 radical (unpaired) electrons. The van der Waals surface area contributed by atoms with Crippen LogP contribution in [0.5, 0.6) is 11.5 Å². The Labute approximate surface area is 374 Å². The smallest absolute Gasteiger partial charge is 0.509 e. The third-order valence-corrected chi connectivity index (χ3v) is 11.6. The molecule has 0 bridgehead atoms. The first kappa shape index (κ1) is 39.0. The molecular weight excluding hydrogens is 851 g/mol. The van der Waals surface area contributed by atoms with Crippen molar-refractivity contribution in [3.05, 3.63) is 206 Å². The van der Waals surface area contributed by atoms with Crippen molar-refractivity contribution < 1.29 is 25.2 Å². The van der Waals surface area contributed by atoms with Crippen molar-refractivity contribution in [1.82, 2.24) is 18.7 Å². The third-order valence-electron chi connectivity index (χ3n) is 11.6. The molecule has 0 spiro atoms. The number of benzene rings is 8. The van der Waals surface area contributed by atoms with E-state index in [-0.39, 0.29) is 25.8 Å². The summed E-state index contributed by atoms with van der Waals surface area (Å²) in [7, 11) is 0. The van der Waals surface area contributed by atoms with E-state index in [0.717, 1.165) is 83.4 Å². The number of fused-ring (bicyclic) bond motifs is 6. The second-order valence-electron chi connectivity index (χ2n) is 16.5. The number of nitrogens with zero attached hydrogens (tertiary/aromatic N) is 4. The van der Waals surface area contributed by atoms with Gasteiger partial charge in [0.05, 0.1) is 16.5 Å². The van der Waals surface area contributed by atoms with Gasteiger partial charge in [0.1, 0.15) is 11.5 Å². The van der Waals surface area contributed by atoms with Crippen LogP contribution in [0.4, 0.5) is 22.7 Å². The van der Waals surface area contributed by atoms with E-state index < -0.39 is 0 Å². The Morgan fingerprint density at radius 1 is 0.565 bits per heavy atom. The zero-order chi connectivity index (χ0) is 41.1. The van der Waals surface area contributed by atoms with Crippen LogP contribution in [-0.2, 0) is 25.8 Å². The molecule has 0 saturated carbocycles. The predicted molar refractivity (Wildman–Crippen MR) is 251 cm³/mol. The first-order valence-electron chi connectivity index (χ1n) is 20.6. The Hall–Kier alpha value is -7.19. The number of aromatic nitrogens is 2. The number of rotatable bonds is 7. The predicted octanol–water partition coefficient (Wildman–Crippen LogP) is 14.2. The van der Waals surface area contributed by atoms with E-state index >= 15 is 0 Å². The van der Waals surface area contributed by atoms with Gasteiger partial charge in [-0.2, -0.15) is 12.1 Å². The minimum absolute atomic E-state index is 0. The summed E-state index contributed by atoms with van der Waals surface area (Å²) < 4.78 is 13.2. The summed E-state index contributed by atoms with van der Waals surface area (Å²) in [6, 6.07) is 74.6. The molecule has 0 fully saturated rings. The van der Waals surface area contributed by atoms with E-state index in [1.54, 1.807) is 0 Å². The van der Waals surface area contributed by atoms with Gasteiger partial charge >= 0.3 is 32.1 Å². The van der Waals surface area contributed by atoms with Gasteiger partial charge in [-0.15, -0.1) is 23.6 Å². The van der Waals surface area contributed by atoms with Crippen LogP contribution >= 0.6 is 0 Å². The van der Waals surface area contributed by atoms with Crippen LogP contribution in [0.15, 0.2) is 188 Å². The van der Waals surface area contributed by atoms with Crippen molar-refractivity contribution in [2.24, 2.45) is 0 Å². The zero-order valence-corrected chi connectivity index (χ0v) is 36.0. The fraction of sp³-hybridized carbons (Fsp3) is 0.0714. The van der Waals surface area contributed by atoms with Crippen LogP contribution in [0.1, 0.15) is 26.3 Å². The Kier molecular flexibility index (Phi) is 9.86. The van der Waals surface area contributed by atoms with Crippen molar-refractivity contribution >= 4 is 61.3 Å². The molecule has 2 aromatic heterocycles. The summed E-state index contributed by atoms with van der Waals surface area (Å²) >= 11 is 0. The quantitative estimate of drug-likeness (QED) is 0.0907. The average molecular weight is 891 g/mol. The van der Waals surface area contributed by atoms with E-state index in [4.69, 9.17) is 9.72 Å². The number of pyridine rings is 1. The van der Waals surface area contributed by atoms with Gasteiger partial charge in [-0.25, -0.2) is 4.98 Å².